The zero-order valence-electron chi connectivity index (χ0n) is 18.1. The van der Waals surface area contributed by atoms with Gasteiger partial charge in [-0.25, -0.2) is 9.78 Å². The Morgan fingerprint density at radius 1 is 1.13 bits per heavy atom. The third kappa shape index (κ3) is 4.91. The van der Waals surface area contributed by atoms with E-state index in [0.717, 1.165) is 11.1 Å². The molecule has 0 aliphatic carbocycles. The molecule has 1 heterocycles. The van der Waals surface area contributed by atoms with Crippen molar-refractivity contribution in [3.63, 3.8) is 0 Å². The van der Waals surface area contributed by atoms with Gasteiger partial charge in [0.1, 0.15) is 6.33 Å². The fraction of sp³-hybridized carbons (Fsp3) is 0.261. The summed E-state index contributed by atoms with van der Waals surface area (Å²) >= 11 is 0. The Morgan fingerprint density at radius 3 is 2.42 bits per heavy atom. The molecule has 0 fully saturated rings. The van der Waals surface area contributed by atoms with Gasteiger partial charge in [-0.05, 0) is 47.7 Å². The molecule has 0 aliphatic rings. The Kier molecular flexibility index (Phi) is 6.13. The first-order chi connectivity index (χ1) is 14.5. The van der Waals surface area contributed by atoms with Crippen molar-refractivity contribution < 1.29 is 18.9 Å². The molecule has 3 aromatic rings. The summed E-state index contributed by atoms with van der Waals surface area (Å²) < 4.78 is 13.8. The second-order valence-corrected chi connectivity index (χ2v) is 9.69. The van der Waals surface area contributed by atoms with Gasteiger partial charge < -0.3 is 15.0 Å². The summed E-state index contributed by atoms with van der Waals surface area (Å²) in [6, 6.07) is 10.7. The Morgan fingerprint density at radius 2 is 1.84 bits per heavy atom. The largest absolute Gasteiger partial charge is 0.476 e. The smallest absolute Gasteiger partial charge is 0.356 e. The van der Waals surface area contributed by atoms with Gasteiger partial charge in [-0.15, -0.1) is 0 Å². The number of carbonyl (C=O) groups is 2. The van der Waals surface area contributed by atoms with Gasteiger partial charge in [0, 0.05) is 18.0 Å². The van der Waals surface area contributed by atoms with Gasteiger partial charge in [0.05, 0.1) is 27.1 Å². The number of aromatic carboxylic acids is 1. The number of hydrogen-bond donors (Lipinski definition) is 2. The molecule has 0 saturated carbocycles. The summed E-state index contributed by atoms with van der Waals surface area (Å²) in [5.41, 5.74) is 3.21. The van der Waals surface area contributed by atoms with Crippen molar-refractivity contribution in [3.8, 4) is 5.69 Å². The van der Waals surface area contributed by atoms with E-state index in [1.54, 1.807) is 35.1 Å². The monoisotopic (exact) mass is 439 g/mol. The van der Waals surface area contributed by atoms with Gasteiger partial charge in [0.25, 0.3) is 5.91 Å². The third-order valence-corrected chi connectivity index (χ3v) is 5.93. The van der Waals surface area contributed by atoms with E-state index in [1.807, 2.05) is 19.1 Å². The number of aromatic nitrogens is 2. The molecule has 0 radical (unpaired) electrons. The van der Waals surface area contributed by atoms with Crippen LogP contribution in [0.2, 0.25) is 0 Å². The number of carboxylic acids is 1. The number of imidazole rings is 1. The lowest BCUT2D eigenvalue weighted by molar-refractivity contribution is 0.0690. The molecule has 8 heteroatoms. The average molecular weight is 440 g/mol. The number of benzene rings is 2. The van der Waals surface area contributed by atoms with Crippen molar-refractivity contribution in [2.24, 2.45) is 0 Å². The molecule has 1 aromatic heterocycles. The van der Waals surface area contributed by atoms with Crippen LogP contribution in [-0.4, -0.2) is 37.0 Å². The summed E-state index contributed by atoms with van der Waals surface area (Å²) in [5, 5.41) is 12.0. The van der Waals surface area contributed by atoms with Crippen LogP contribution in [0.3, 0.4) is 0 Å². The van der Waals surface area contributed by atoms with Crippen LogP contribution < -0.4 is 5.32 Å². The Bertz CT molecular complexity index is 1190. The molecular formula is C23H25N3O4S. The van der Waals surface area contributed by atoms with E-state index >= 15 is 0 Å². The van der Waals surface area contributed by atoms with Crippen LogP contribution in [0, 0.1) is 6.92 Å². The second-order valence-electron chi connectivity index (χ2n) is 8.34. The Labute approximate surface area is 183 Å². The van der Waals surface area contributed by atoms with Crippen LogP contribution in [0.4, 0.5) is 5.69 Å². The number of nitrogens with zero attached hydrogens (tertiary/aromatic N) is 2. The van der Waals surface area contributed by atoms with Gasteiger partial charge in [-0.1, -0.05) is 32.9 Å². The fourth-order valence-electron chi connectivity index (χ4n) is 3.13. The van der Waals surface area contributed by atoms with Gasteiger partial charge >= 0.3 is 5.97 Å². The average Bonchev–Trinajstić information content (AvgIpc) is 3.17. The maximum absolute atomic E-state index is 13.0. The summed E-state index contributed by atoms with van der Waals surface area (Å²) in [7, 11) is -1.27. The number of nitrogens with one attached hydrogen (secondary N) is 1. The summed E-state index contributed by atoms with van der Waals surface area (Å²) in [6.45, 7) is 8.07. The molecule has 0 bridgehead atoms. The molecule has 0 aliphatic heterocycles. The summed E-state index contributed by atoms with van der Waals surface area (Å²) in [6.07, 6.45) is 4.38. The minimum absolute atomic E-state index is 0.0803. The van der Waals surface area contributed by atoms with Gasteiger partial charge in [0.15, 0.2) is 5.69 Å². The van der Waals surface area contributed by atoms with E-state index < -0.39 is 16.8 Å². The molecule has 2 N–H and O–H groups in total. The molecule has 162 valence electrons. The van der Waals surface area contributed by atoms with Crippen molar-refractivity contribution in [2.75, 3.05) is 11.6 Å². The minimum atomic E-state index is -1.27. The predicted molar refractivity (Wildman–Crippen MR) is 121 cm³/mol. The lowest BCUT2D eigenvalue weighted by Crippen LogP contribution is -2.17. The first kappa shape index (κ1) is 22.4. The molecule has 0 spiro atoms. The zero-order valence-corrected chi connectivity index (χ0v) is 18.9. The summed E-state index contributed by atoms with van der Waals surface area (Å²) in [5.74, 6) is -1.47. The highest BCUT2D eigenvalue weighted by atomic mass is 32.2. The van der Waals surface area contributed by atoms with Crippen LogP contribution in [0.1, 0.15) is 52.7 Å². The number of aryl methyl sites for hydroxylation is 1. The SMILES string of the molecule is Cc1ccc(C(=O)Nc2cc(C(C)(C)C)ccc2[S@@](C)=O)cc1-n1cnc(C(=O)O)c1. The highest BCUT2D eigenvalue weighted by Crippen LogP contribution is 2.29. The van der Waals surface area contributed by atoms with E-state index in [9.17, 15) is 13.8 Å². The number of amides is 1. The number of carboxylic acid groups (broad SMARTS) is 1. The molecule has 0 unspecified atom stereocenters. The third-order valence-electron chi connectivity index (χ3n) is 4.95. The molecule has 0 saturated heterocycles. The van der Waals surface area contributed by atoms with Crippen LogP contribution in [0.25, 0.3) is 5.69 Å². The van der Waals surface area contributed by atoms with Crippen LogP contribution in [0.5, 0.6) is 0 Å². The van der Waals surface area contributed by atoms with Crippen molar-refractivity contribution >= 4 is 28.4 Å². The molecule has 31 heavy (non-hydrogen) atoms. The van der Waals surface area contributed by atoms with Crippen LogP contribution >= 0.6 is 0 Å². The zero-order chi connectivity index (χ0) is 22.9. The fourth-order valence-corrected chi connectivity index (χ4v) is 3.81. The molecule has 1 amide bonds. The normalized spacial score (nSPS) is 12.4. The number of rotatable bonds is 5. The lowest BCUT2D eigenvalue weighted by Gasteiger charge is -2.21. The Balaban J connectivity index is 1.97. The maximum Gasteiger partial charge on any atom is 0.356 e. The Hall–Kier alpha value is -3.26. The second kappa shape index (κ2) is 8.47. The number of carbonyl (C=O) groups excluding carboxylic acids is 1. The van der Waals surface area contributed by atoms with Crippen molar-refractivity contribution in [1.82, 2.24) is 9.55 Å². The number of hydrogen-bond acceptors (Lipinski definition) is 4. The first-order valence-electron chi connectivity index (χ1n) is 9.65. The molecular weight excluding hydrogens is 414 g/mol. The highest BCUT2D eigenvalue weighted by Gasteiger charge is 2.19. The van der Waals surface area contributed by atoms with Gasteiger partial charge in [-0.2, -0.15) is 0 Å². The van der Waals surface area contributed by atoms with E-state index in [2.05, 4.69) is 31.1 Å². The quantitative estimate of drug-likeness (QED) is 0.621. The molecule has 3 rings (SSSR count). The van der Waals surface area contributed by atoms with Crippen molar-refractivity contribution in [3.05, 3.63) is 71.3 Å². The van der Waals surface area contributed by atoms with Gasteiger partial charge in [-0.3, -0.25) is 9.00 Å². The standard InChI is InChI=1S/C23H25N3O4S/c1-14-6-7-15(10-19(14)26-12-18(22(28)29)24-13-26)21(27)25-17-11-16(23(2,3)4)8-9-20(17)31(5)30/h6-13H,1-5H3,(H,25,27)(H,28,29)/t31-/m1/s1. The number of anilines is 1. The van der Waals surface area contributed by atoms with Crippen LogP contribution in [0.15, 0.2) is 53.8 Å². The van der Waals surface area contributed by atoms with E-state index in [0.29, 0.717) is 21.8 Å². The maximum atomic E-state index is 13.0. The molecule has 7 nitrogen and oxygen atoms in total. The lowest BCUT2D eigenvalue weighted by atomic mass is 9.87. The first-order valence-corrected chi connectivity index (χ1v) is 11.2. The van der Waals surface area contributed by atoms with Gasteiger partial charge in [0.2, 0.25) is 0 Å². The predicted octanol–water partition coefficient (Wildman–Crippen LogP) is 4.17. The van der Waals surface area contributed by atoms with Crippen molar-refractivity contribution in [2.45, 2.75) is 38.0 Å². The van der Waals surface area contributed by atoms with E-state index in [1.165, 1.54) is 12.5 Å². The minimum Gasteiger partial charge on any atom is -0.476 e. The molecule has 1 atom stereocenters. The summed E-state index contributed by atoms with van der Waals surface area (Å²) in [4.78, 5) is 28.6. The topological polar surface area (TPSA) is 101 Å². The van der Waals surface area contributed by atoms with E-state index in [-0.39, 0.29) is 17.0 Å². The van der Waals surface area contributed by atoms with Crippen molar-refractivity contribution in [1.29, 1.82) is 0 Å². The van der Waals surface area contributed by atoms with Crippen LogP contribution in [-0.2, 0) is 16.2 Å². The van der Waals surface area contributed by atoms with E-state index in [4.69, 9.17) is 5.11 Å². The molecule has 2 aromatic carbocycles. The highest BCUT2D eigenvalue weighted by molar-refractivity contribution is 7.84.